The van der Waals surface area contributed by atoms with E-state index < -0.39 is 0 Å². The minimum absolute atomic E-state index is 0.748. The van der Waals surface area contributed by atoms with Crippen molar-refractivity contribution in [2.24, 2.45) is 4.99 Å². The van der Waals surface area contributed by atoms with Crippen molar-refractivity contribution in [2.75, 3.05) is 0 Å². The normalized spacial score (nSPS) is 13.4. The van der Waals surface area contributed by atoms with Crippen LogP contribution >= 0.6 is 0 Å². The number of amidine groups is 1. The molecule has 0 aromatic heterocycles. The molecule has 2 nitrogen and oxygen atoms in total. The molecule has 16 heavy (non-hydrogen) atoms. The maximum atomic E-state index is 4.28. The van der Waals surface area contributed by atoms with Gasteiger partial charge in [0.25, 0.3) is 0 Å². The lowest BCUT2D eigenvalue weighted by Crippen LogP contribution is -2.07. The van der Waals surface area contributed by atoms with Gasteiger partial charge in [0.2, 0.25) is 0 Å². The van der Waals surface area contributed by atoms with Gasteiger partial charge in [-0.2, -0.15) is 0 Å². The smallest absolute Gasteiger partial charge is 0.134 e. The summed E-state index contributed by atoms with van der Waals surface area (Å²) in [5.41, 5.74) is 3.00. The average molecular weight is 209 g/mol. The highest BCUT2D eigenvalue weighted by atomic mass is 15.0. The van der Waals surface area contributed by atoms with Crippen LogP contribution in [0, 0.1) is 18.8 Å². The fourth-order valence-electron chi connectivity index (χ4n) is 1.34. The number of aliphatic imine (C=N–C) groups is 1. The summed E-state index contributed by atoms with van der Waals surface area (Å²) in [5, 5.41) is 4.28. The van der Waals surface area contributed by atoms with E-state index in [1.54, 1.807) is 6.20 Å². The van der Waals surface area contributed by atoms with Crippen molar-refractivity contribution in [1.29, 1.82) is 0 Å². The van der Waals surface area contributed by atoms with Crippen LogP contribution in [0.15, 0.2) is 41.2 Å². The van der Waals surface area contributed by atoms with Gasteiger partial charge in [0.15, 0.2) is 0 Å². The van der Waals surface area contributed by atoms with Crippen LogP contribution in [0.2, 0.25) is 0 Å². The molecule has 0 spiro atoms. The minimum Gasteiger partial charge on any atom is -0.238 e. The number of rotatable bonds is 1. The number of aryl methyl sites for hydroxylation is 1. The van der Waals surface area contributed by atoms with Gasteiger partial charge in [0, 0.05) is 12.0 Å². The van der Waals surface area contributed by atoms with Gasteiger partial charge < -0.3 is 0 Å². The van der Waals surface area contributed by atoms with Crippen molar-refractivity contribution >= 4 is 5.84 Å². The van der Waals surface area contributed by atoms with Crippen molar-refractivity contribution in [2.45, 2.75) is 20.3 Å². The van der Waals surface area contributed by atoms with Crippen molar-refractivity contribution in [3.8, 4) is 11.8 Å². The molecule has 0 saturated heterocycles. The van der Waals surface area contributed by atoms with Crippen molar-refractivity contribution in [3.63, 3.8) is 0 Å². The molecule has 0 aliphatic carbocycles. The number of hydrogen-bond acceptors (Lipinski definition) is 1. The van der Waals surface area contributed by atoms with Gasteiger partial charge in [0.05, 0.1) is 6.20 Å². The first kappa shape index (κ1) is 10.5. The third kappa shape index (κ3) is 2.52. The molecule has 0 bridgehead atoms. The first-order valence-electron chi connectivity index (χ1n) is 5.35. The van der Waals surface area contributed by atoms with Gasteiger partial charge in [-0.05, 0) is 25.0 Å². The highest BCUT2D eigenvalue weighted by molar-refractivity contribution is 5.86. The predicted molar refractivity (Wildman–Crippen MR) is 66.0 cm³/mol. The molecular formula is C14H13N2. The molecule has 79 valence electrons. The van der Waals surface area contributed by atoms with Gasteiger partial charge in [0.1, 0.15) is 11.5 Å². The second-order valence-electron chi connectivity index (χ2n) is 3.64. The molecule has 1 aliphatic heterocycles. The van der Waals surface area contributed by atoms with Crippen LogP contribution in [0.1, 0.15) is 24.5 Å². The zero-order chi connectivity index (χ0) is 11.4. The Balaban J connectivity index is 2.04. The van der Waals surface area contributed by atoms with Gasteiger partial charge in [-0.3, -0.25) is 0 Å². The van der Waals surface area contributed by atoms with Crippen molar-refractivity contribution in [1.82, 2.24) is 5.32 Å². The topological polar surface area (TPSA) is 26.5 Å². The molecule has 0 unspecified atom stereocenters. The van der Waals surface area contributed by atoms with E-state index in [2.05, 4.69) is 41.2 Å². The van der Waals surface area contributed by atoms with Crippen LogP contribution < -0.4 is 5.32 Å². The first-order chi connectivity index (χ1) is 7.78. The summed E-state index contributed by atoms with van der Waals surface area (Å²) in [6, 6.07) is 8.13. The van der Waals surface area contributed by atoms with E-state index in [1.165, 1.54) is 5.56 Å². The van der Waals surface area contributed by atoms with Gasteiger partial charge in [-0.1, -0.05) is 30.5 Å². The van der Waals surface area contributed by atoms with Crippen LogP contribution in [-0.4, -0.2) is 5.84 Å². The van der Waals surface area contributed by atoms with E-state index >= 15 is 0 Å². The molecule has 0 fully saturated rings. The predicted octanol–water partition coefficient (Wildman–Crippen LogP) is 2.61. The van der Waals surface area contributed by atoms with Gasteiger partial charge >= 0.3 is 0 Å². The Hall–Kier alpha value is -2.01. The number of nitrogens with zero attached hydrogens (tertiary/aromatic N) is 2. The zero-order valence-corrected chi connectivity index (χ0v) is 9.49. The summed E-state index contributed by atoms with van der Waals surface area (Å²) >= 11 is 0. The number of allylic oxidation sites excluding steroid dienone is 1. The molecular weight excluding hydrogens is 196 g/mol. The minimum atomic E-state index is 0.748. The summed E-state index contributed by atoms with van der Waals surface area (Å²) in [4.78, 5) is 4.15. The van der Waals surface area contributed by atoms with E-state index in [4.69, 9.17) is 0 Å². The molecule has 0 saturated carbocycles. The Morgan fingerprint density at radius 3 is 2.50 bits per heavy atom. The van der Waals surface area contributed by atoms with E-state index in [9.17, 15) is 0 Å². The van der Waals surface area contributed by atoms with Crippen LogP contribution in [0.4, 0.5) is 0 Å². The summed E-state index contributed by atoms with van der Waals surface area (Å²) in [7, 11) is 0. The zero-order valence-electron chi connectivity index (χ0n) is 9.49. The lowest BCUT2D eigenvalue weighted by molar-refractivity contribution is 1.12. The van der Waals surface area contributed by atoms with Crippen molar-refractivity contribution in [3.05, 3.63) is 47.3 Å². The third-order valence-electron chi connectivity index (χ3n) is 2.29. The van der Waals surface area contributed by atoms with Crippen LogP contribution in [0.3, 0.4) is 0 Å². The standard InChI is InChI=1S/C14H13N2/c1-3-14-15-10-13(16-14)9-8-12-6-4-11(2)5-7-12/h4-7,10H,3H2,1-2H3. The molecule has 0 N–H and O–H groups in total. The van der Waals surface area contributed by atoms with Gasteiger partial charge in [-0.15, -0.1) is 0 Å². The van der Waals surface area contributed by atoms with E-state index in [0.717, 1.165) is 23.5 Å². The molecule has 0 atom stereocenters. The highest BCUT2D eigenvalue weighted by Crippen LogP contribution is 2.04. The average Bonchev–Trinajstić information content (AvgIpc) is 2.76. The largest absolute Gasteiger partial charge is 0.238 e. The maximum Gasteiger partial charge on any atom is 0.134 e. The monoisotopic (exact) mass is 209 g/mol. The Bertz CT molecular complexity index is 496. The fraction of sp³-hybridized carbons (Fsp3) is 0.214. The molecule has 0 amide bonds. The summed E-state index contributed by atoms with van der Waals surface area (Å²) < 4.78 is 0. The van der Waals surface area contributed by atoms with Gasteiger partial charge in [-0.25, -0.2) is 10.3 Å². The Labute approximate surface area is 96.1 Å². The molecule has 1 heterocycles. The van der Waals surface area contributed by atoms with Crippen LogP contribution in [0.5, 0.6) is 0 Å². The van der Waals surface area contributed by atoms with E-state index in [0.29, 0.717) is 0 Å². The van der Waals surface area contributed by atoms with Crippen LogP contribution in [0.25, 0.3) is 0 Å². The Morgan fingerprint density at radius 2 is 1.88 bits per heavy atom. The quantitative estimate of drug-likeness (QED) is 0.636. The number of benzene rings is 1. The summed E-state index contributed by atoms with van der Waals surface area (Å²) in [6.45, 7) is 4.10. The summed E-state index contributed by atoms with van der Waals surface area (Å²) in [5.74, 6) is 6.94. The molecule has 2 rings (SSSR count). The summed E-state index contributed by atoms with van der Waals surface area (Å²) in [6.07, 6.45) is 2.58. The molecule has 1 aromatic carbocycles. The van der Waals surface area contributed by atoms with Crippen molar-refractivity contribution < 1.29 is 0 Å². The van der Waals surface area contributed by atoms with E-state index in [-0.39, 0.29) is 0 Å². The molecule has 1 aromatic rings. The first-order valence-corrected chi connectivity index (χ1v) is 5.35. The lowest BCUT2D eigenvalue weighted by atomic mass is 10.1. The second kappa shape index (κ2) is 4.67. The fourth-order valence-corrected chi connectivity index (χ4v) is 1.34. The molecule has 1 radical (unpaired) electrons. The van der Waals surface area contributed by atoms with E-state index in [1.807, 2.05) is 19.1 Å². The maximum absolute atomic E-state index is 4.28. The Kier molecular flexibility index (Phi) is 3.07. The SMILES string of the molecule is CCC1=NC=C(C#Cc2ccc(C)cc2)[N]1. The highest BCUT2D eigenvalue weighted by Gasteiger charge is 2.05. The molecule has 1 aliphatic rings. The number of hydrogen-bond donors (Lipinski definition) is 0. The Morgan fingerprint density at radius 1 is 1.12 bits per heavy atom. The lowest BCUT2D eigenvalue weighted by Gasteiger charge is -1.94. The third-order valence-corrected chi connectivity index (χ3v) is 2.29. The van der Waals surface area contributed by atoms with Crippen LogP contribution in [-0.2, 0) is 0 Å². The second-order valence-corrected chi connectivity index (χ2v) is 3.64. The molecule has 2 heteroatoms.